The van der Waals surface area contributed by atoms with Crippen molar-refractivity contribution in [2.24, 2.45) is 5.92 Å². The van der Waals surface area contributed by atoms with Gasteiger partial charge in [-0.15, -0.1) is 11.3 Å². The third-order valence-corrected chi connectivity index (χ3v) is 4.03. The standard InChI is InChI=1S/C13H24N2S/c1-5-10(3)7-11(4)14-8-12-9-16-13(6-2)15-12/h9-11,14H,5-8H2,1-4H3. The molecule has 0 spiro atoms. The Morgan fingerprint density at radius 1 is 1.38 bits per heavy atom. The van der Waals surface area contributed by atoms with Gasteiger partial charge in [0.1, 0.15) is 0 Å². The molecule has 1 aromatic heterocycles. The van der Waals surface area contributed by atoms with Crippen molar-refractivity contribution in [1.29, 1.82) is 0 Å². The van der Waals surface area contributed by atoms with Gasteiger partial charge < -0.3 is 5.32 Å². The van der Waals surface area contributed by atoms with Crippen molar-refractivity contribution in [2.45, 2.75) is 59.5 Å². The second kappa shape index (κ2) is 7.02. The first kappa shape index (κ1) is 13.7. The van der Waals surface area contributed by atoms with Gasteiger partial charge in [0.15, 0.2) is 0 Å². The van der Waals surface area contributed by atoms with Gasteiger partial charge in [0.05, 0.1) is 10.7 Å². The Hall–Kier alpha value is -0.410. The third kappa shape index (κ3) is 4.62. The van der Waals surface area contributed by atoms with Crippen LogP contribution in [0.4, 0.5) is 0 Å². The predicted molar refractivity (Wildman–Crippen MR) is 71.9 cm³/mol. The van der Waals surface area contributed by atoms with Crippen LogP contribution in [0.3, 0.4) is 0 Å². The van der Waals surface area contributed by atoms with Crippen LogP contribution in [0.25, 0.3) is 0 Å². The topological polar surface area (TPSA) is 24.9 Å². The first-order valence-electron chi connectivity index (χ1n) is 6.32. The number of hydrogen-bond donors (Lipinski definition) is 1. The van der Waals surface area contributed by atoms with E-state index >= 15 is 0 Å². The van der Waals surface area contributed by atoms with Crippen LogP contribution >= 0.6 is 11.3 Å². The molecular formula is C13H24N2S. The molecule has 2 atom stereocenters. The average Bonchev–Trinajstić information content (AvgIpc) is 2.74. The third-order valence-electron chi connectivity index (χ3n) is 2.99. The molecule has 2 unspecified atom stereocenters. The van der Waals surface area contributed by atoms with Crippen molar-refractivity contribution < 1.29 is 0 Å². The minimum Gasteiger partial charge on any atom is -0.309 e. The van der Waals surface area contributed by atoms with Crippen molar-refractivity contribution in [2.75, 3.05) is 0 Å². The highest BCUT2D eigenvalue weighted by Crippen LogP contribution is 2.12. The number of aryl methyl sites for hydroxylation is 1. The Morgan fingerprint density at radius 3 is 2.69 bits per heavy atom. The zero-order valence-electron chi connectivity index (χ0n) is 10.9. The molecule has 0 saturated heterocycles. The highest BCUT2D eigenvalue weighted by molar-refractivity contribution is 7.09. The molecule has 1 aromatic rings. The van der Waals surface area contributed by atoms with E-state index in [9.17, 15) is 0 Å². The number of rotatable bonds is 7. The summed E-state index contributed by atoms with van der Waals surface area (Å²) in [6, 6.07) is 0.585. The van der Waals surface area contributed by atoms with E-state index in [0.29, 0.717) is 6.04 Å². The summed E-state index contributed by atoms with van der Waals surface area (Å²) >= 11 is 1.77. The van der Waals surface area contributed by atoms with Crippen LogP contribution in [0.15, 0.2) is 5.38 Å². The van der Waals surface area contributed by atoms with Gasteiger partial charge in [0.25, 0.3) is 0 Å². The molecule has 16 heavy (non-hydrogen) atoms. The second-order valence-corrected chi connectivity index (χ2v) is 5.56. The van der Waals surface area contributed by atoms with E-state index in [1.54, 1.807) is 11.3 Å². The van der Waals surface area contributed by atoms with Gasteiger partial charge in [-0.3, -0.25) is 0 Å². The average molecular weight is 240 g/mol. The van der Waals surface area contributed by atoms with E-state index in [4.69, 9.17) is 0 Å². The minimum atomic E-state index is 0.585. The number of nitrogens with one attached hydrogen (secondary N) is 1. The molecule has 0 fully saturated rings. The highest BCUT2D eigenvalue weighted by Gasteiger charge is 2.07. The van der Waals surface area contributed by atoms with E-state index < -0.39 is 0 Å². The molecule has 3 heteroatoms. The zero-order chi connectivity index (χ0) is 12.0. The molecule has 1 N–H and O–H groups in total. The van der Waals surface area contributed by atoms with E-state index in [2.05, 4.69) is 43.4 Å². The lowest BCUT2D eigenvalue weighted by Crippen LogP contribution is -2.27. The molecule has 0 aliphatic heterocycles. The summed E-state index contributed by atoms with van der Waals surface area (Å²) in [5, 5.41) is 6.96. The monoisotopic (exact) mass is 240 g/mol. The molecule has 0 aliphatic carbocycles. The predicted octanol–water partition coefficient (Wildman–Crippen LogP) is 3.62. The Bertz CT molecular complexity index is 296. The van der Waals surface area contributed by atoms with E-state index in [1.807, 2.05) is 0 Å². The van der Waals surface area contributed by atoms with Gasteiger partial charge in [-0.2, -0.15) is 0 Å². The molecule has 0 saturated carbocycles. The maximum Gasteiger partial charge on any atom is 0.0926 e. The first-order chi connectivity index (χ1) is 7.65. The smallest absolute Gasteiger partial charge is 0.0926 e. The van der Waals surface area contributed by atoms with Gasteiger partial charge in [-0.1, -0.05) is 27.2 Å². The van der Waals surface area contributed by atoms with Gasteiger partial charge in [0, 0.05) is 18.0 Å². The van der Waals surface area contributed by atoms with Crippen LogP contribution in [0.1, 0.15) is 51.2 Å². The van der Waals surface area contributed by atoms with Crippen molar-refractivity contribution in [3.63, 3.8) is 0 Å². The normalized spacial score (nSPS) is 15.0. The van der Waals surface area contributed by atoms with Crippen LogP contribution < -0.4 is 5.32 Å². The van der Waals surface area contributed by atoms with Crippen molar-refractivity contribution in [3.05, 3.63) is 16.1 Å². The van der Waals surface area contributed by atoms with Crippen molar-refractivity contribution in [3.8, 4) is 0 Å². The summed E-state index contributed by atoms with van der Waals surface area (Å²) in [5.41, 5.74) is 1.19. The SMILES string of the molecule is CCc1nc(CNC(C)CC(C)CC)cs1. The largest absolute Gasteiger partial charge is 0.309 e. The van der Waals surface area contributed by atoms with Crippen LogP contribution in [-0.4, -0.2) is 11.0 Å². The first-order valence-corrected chi connectivity index (χ1v) is 7.20. The summed E-state index contributed by atoms with van der Waals surface area (Å²) in [6.45, 7) is 9.90. The Kier molecular flexibility index (Phi) is 5.99. The Balaban J connectivity index is 2.28. The highest BCUT2D eigenvalue weighted by atomic mass is 32.1. The summed E-state index contributed by atoms with van der Waals surface area (Å²) in [5.74, 6) is 0.809. The molecule has 0 radical (unpaired) electrons. The van der Waals surface area contributed by atoms with Crippen molar-refractivity contribution in [1.82, 2.24) is 10.3 Å². The lowest BCUT2D eigenvalue weighted by Gasteiger charge is -2.16. The number of nitrogens with zero attached hydrogens (tertiary/aromatic N) is 1. The maximum absolute atomic E-state index is 4.56. The quantitative estimate of drug-likeness (QED) is 0.787. The molecule has 0 aromatic carbocycles. The Morgan fingerprint density at radius 2 is 2.12 bits per heavy atom. The van der Waals surface area contributed by atoms with E-state index in [1.165, 1.54) is 23.5 Å². The second-order valence-electron chi connectivity index (χ2n) is 4.62. The fraction of sp³-hybridized carbons (Fsp3) is 0.769. The van der Waals surface area contributed by atoms with Crippen LogP contribution in [-0.2, 0) is 13.0 Å². The van der Waals surface area contributed by atoms with Gasteiger partial charge in [0.2, 0.25) is 0 Å². The maximum atomic E-state index is 4.56. The lowest BCUT2D eigenvalue weighted by molar-refractivity contribution is 0.410. The van der Waals surface area contributed by atoms with E-state index in [0.717, 1.165) is 18.9 Å². The molecule has 0 bridgehead atoms. The molecule has 1 rings (SSSR count). The van der Waals surface area contributed by atoms with Crippen molar-refractivity contribution >= 4 is 11.3 Å². The molecule has 1 heterocycles. The molecule has 0 aliphatic rings. The number of aromatic nitrogens is 1. The summed E-state index contributed by atoms with van der Waals surface area (Å²) in [4.78, 5) is 4.56. The summed E-state index contributed by atoms with van der Waals surface area (Å²) in [6.07, 6.45) is 3.57. The van der Waals surface area contributed by atoms with E-state index in [-0.39, 0.29) is 0 Å². The zero-order valence-corrected chi connectivity index (χ0v) is 11.7. The fourth-order valence-corrected chi connectivity index (χ4v) is 2.47. The minimum absolute atomic E-state index is 0.585. The molecular weight excluding hydrogens is 216 g/mol. The van der Waals surface area contributed by atoms with Crippen LogP contribution in [0.2, 0.25) is 0 Å². The van der Waals surface area contributed by atoms with Crippen LogP contribution in [0, 0.1) is 5.92 Å². The summed E-state index contributed by atoms with van der Waals surface area (Å²) in [7, 11) is 0. The number of hydrogen-bond acceptors (Lipinski definition) is 3. The van der Waals surface area contributed by atoms with Gasteiger partial charge in [-0.25, -0.2) is 4.98 Å². The lowest BCUT2D eigenvalue weighted by atomic mass is 10.0. The molecule has 0 amide bonds. The van der Waals surface area contributed by atoms with Gasteiger partial charge in [-0.05, 0) is 25.7 Å². The molecule has 2 nitrogen and oxygen atoms in total. The number of thiazole rings is 1. The molecule has 92 valence electrons. The van der Waals surface area contributed by atoms with Gasteiger partial charge >= 0.3 is 0 Å². The summed E-state index contributed by atoms with van der Waals surface area (Å²) < 4.78 is 0. The van der Waals surface area contributed by atoms with Crippen LogP contribution in [0.5, 0.6) is 0 Å². The Labute approximate surface area is 103 Å². The fourth-order valence-electron chi connectivity index (χ4n) is 1.72.